The Balaban J connectivity index is 1.88. The van der Waals surface area contributed by atoms with Crippen LogP contribution in [0, 0.1) is 5.92 Å². The van der Waals surface area contributed by atoms with E-state index < -0.39 is 0 Å². The summed E-state index contributed by atoms with van der Waals surface area (Å²) in [5, 5.41) is 4.46. The molecule has 1 aromatic rings. The summed E-state index contributed by atoms with van der Waals surface area (Å²) < 4.78 is 5.37. The van der Waals surface area contributed by atoms with Gasteiger partial charge in [-0.05, 0) is 31.4 Å². The van der Waals surface area contributed by atoms with Crippen molar-refractivity contribution in [3.63, 3.8) is 0 Å². The van der Waals surface area contributed by atoms with Gasteiger partial charge >= 0.3 is 0 Å². The Labute approximate surface area is 107 Å². The summed E-state index contributed by atoms with van der Waals surface area (Å²) in [5.41, 5.74) is 0. The number of rotatable bonds is 4. The first-order chi connectivity index (χ1) is 8.15. The number of aliphatic imine (C=N–C) groups is 1. The Morgan fingerprint density at radius 1 is 1.53 bits per heavy atom. The Morgan fingerprint density at radius 2 is 2.35 bits per heavy atom. The van der Waals surface area contributed by atoms with E-state index in [1.165, 1.54) is 6.42 Å². The molecule has 17 heavy (non-hydrogen) atoms. The summed E-state index contributed by atoms with van der Waals surface area (Å²) in [4.78, 5) is 4.70. The monoisotopic (exact) mass is 252 g/mol. The average molecular weight is 252 g/mol. The van der Waals surface area contributed by atoms with Crippen molar-refractivity contribution in [2.75, 3.05) is 5.75 Å². The second kappa shape index (κ2) is 5.63. The number of hydrogen-bond acceptors (Lipinski definition) is 4. The van der Waals surface area contributed by atoms with Crippen molar-refractivity contribution in [2.24, 2.45) is 10.9 Å². The molecule has 3 nitrogen and oxygen atoms in total. The van der Waals surface area contributed by atoms with Crippen LogP contribution >= 0.6 is 11.8 Å². The van der Waals surface area contributed by atoms with Crippen molar-refractivity contribution in [1.82, 2.24) is 5.32 Å². The van der Waals surface area contributed by atoms with E-state index >= 15 is 0 Å². The minimum absolute atomic E-state index is 0.189. The van der Waals surface area contributed by atoms with Crippen LogP contribution in [0.5, 0.6) is 0 Å². The smallest absolute Gasteiger partial charge is 0.157 e. The van der Waals surface area contributed by atoms with Crippen molar-refractivity contribution in [3.05, 3.63) is 24.2 Å². The maximum atomic E-state index is 5.37. The molecule has 0 aromatic carbocycles. The van der Waals surface area contributed by atoms with E-state index in [2.05, 4.69) is 26.1 Å². The Bertz CT molecular complexity index is 373. The van der Waals surface area contributed by atoms with Crippen LogP contribution in [0.1, 0.15) is 39.0 Å². The van der Waals surface area contributed by atoms with Crippen molar-refractivity contribution in [3.8, 4) is 0 Å². The van der Waals surface area contributed by atoms with E-state index in [1.807, 2.05) is 23.9 Å². The third kappa shape index (κ3) is 3.53. The third-order valence-corrected chi connectivity index (χ3v) is 3.81. The highest BCUT2D eigenvalue weighted by molar-refractivity contribution is 8.14. The molecule has 1 aliphatic rings. The van der Waals surface area contributed by atoms with Crippen LogP contribution in [-0.2, 0) is 0 Å². The fourth-order valence-electron chi connectivity index (χ4n) is 1.95. The van der Waals surface area contributed by atoms with Crippen LogP contribution in [0.3, 0.4) is 0 Å². The number of nitrogens with one attached hydrogen (secondary N) is 1. The molecule has 2 rings (SSSR count). The van der Waals surface area contributed by atoms with Crippen molar-refractivity contribution in [1.29, 1.82) is 0 Å². The summed E-state index contributed by atoms with van der Waals surface area (Å²) in [6.07, 6.45) is 2.88. The van der Waals surface area contributed by atoms with Crippen molar-refractivity contribution < 1.29 is 4.42 Å². The van der Waals surface area contributed by atoms with Gasteiger partial charge in [0.25, 0.3) is 0 Å². The second-order valence-electron chi connectivity index (χ2n) is 4.91. The molecule has 0 radical (unpaired) electrons. The molecule has 0 bridgehead atoms. The molecule has 0 fully saturated rings. The molecular formula is C13H20N2OS. The van der Waals surface area contributed by atoms with Gasteiger partial charge < -0.3 is 9.73 Å². The standard InChI is InChI=1S/C13H20N2OS/c1-9(2)7-11-8-17-13(15-11)14-10(3)12-5-4-6-16-12/h4-6,9-11H,7-8H2,1-3H3,(H,14,15). The van der Waals surface area contributed by atoms with Crippen LogP contribution in [0.2, 0.25) is 0 Å². The fourth-order valence-corrected chi connectivity index (χ4v) is 3.00. The highest BCUT2D eigenvalue weighted by Gasteiger charge is 2.21. The van der Waals surface area contributed by atoms with Crippen LogP contribution in [0.4, 0.5) is 0 Å². The zero-order valence-corrected chi connectivity index (χ0v) is 11.5. The van der Waals surface area contributed by atoms with E-state index in [4.69, 9.17) is 9.41 Å². The van der Waals surface area contributed by atoms with E-state index in [0.29, 0.717) is 12.0 Å². The number of nitrogens with zero attached hydrogens (tertiary/aromatic N) is 1. The Morgan fingerprint density at radius 3 is 3.00 bits per heavy atom. The summed E-state index contributed by atoms with van der Waals surface area (Å²) in [7, 11) is 0. The molecule has 0 saturated carbocycles. The van der Waals surface area contributed by atoms with E-state index in [0.717, 1.165) is 16.7 Å². The van der Waals surface area contributed by atoms with Gasteiger partial charge in [-0.25, -0.2) is 0 Å². The van der Waals surface area contributed by atoms with E-state index in [9.17, 15) is 0 Å². The van der Waals surface area contributed by atoms with Gasteiger partial charge in [-0.15, -0.1) is 0 Å². The number of thioether (sulfide) groups is 1. The SMILES string of the molecule is CC(C)CC1CSC(NC(C)c2ccco2)=N1. The molecule has 94 valence electrons. The van der Waals surface area contributed by atoms with Gasteiger partial charge in [0.2, 0.25) is 0 Å². The maximum Gasteiger partial charge on any atom is 0.157 e. The topological polar surface area (TPSA) is 37.5 Å². The first kappa shape index (κ1) is 12.6. The van der Waals surface area contributed by atoms with Gasteiger partial charge in [-0.1, -0.05) is 25.6 Å². The quantitative estimate of drug-likeness (QED) is 0.892. The van der Waals surface area contributed by atoms with Crippen LogP contribution < -0.4 is 5.32 Å². The number of amidine groups is 1. The largest absolute Gasteiger partial charge is 0.467 e. The van der Waals surface area contributed by atoms with Crippen LogP contribution in [-0.4, -0.2) is 17.0 Å². The zero-order valence-electron chi connectivity index (χ0n) is 10.6. The lowest BCUT2D eigenvalue weighted by Gasteiger charge is -2.11. The Kier molecular flexibility index (Phi) is 4.15. The Hall–Kier alpha value is -0.900. The lowest BCUT2D eigenvalue weighted by Crippen LogP contribution is -2.22. The molecule has 0 spiro atoms. The lowest BCUT2D eigenvalue weighted by atomic mass is 10.1. The third-order valence-electron chi connectivity index (χ3n) is 2.77. The zero-order chi connectivity index (χ0) is 12.3. The maximum absolute atomic E-state index is 5.37. The van der Waals surface area contributed by atoms with E-state index in [1.54, 1.807) is 6.26 Å². The fraction of sp³-hybridized carbons (Fsp3) is 0.615. The molecule has 1 aromatic heterocycles. The molecule has 0 amide bonds. The van der Waals surface area contributed by atoms with Crippen LogP contribution in [0.25, 0.3) is 0 Å². The molecule has 0 saturated heterocycles. The van der Waals surface area contributed by atoms with Gasteiger partial charge in [0, 0.05) is 5.75 Å². The van der Waals surface area contributed by atoms with Gasteiger partial charge in [-0.2, -0.15) is 0 Å². The average Bonchev–Trinajstić information content (AvgIpc) is 2.87. The first-order valence-corrected chi connectivity index (χ1v) is 7.14. The summed E-state index contributed by atoms with van der Waals surface area (Å²) in [6, 6.07) is 4.57. The molecule has 1 aliphatic heterocycles. The van der Waals surface area contributed by atoms with Gasteiger partial charge in [0.1, 0.15) is 5.76 Å². The molecule has 4 heteroatoms. The summed E-state index contributed by atoms with van der Waals surface area (Å²) in [6.45, 7) is 6.59. The minimum Gasteiger partial charge on any atom is -0.467 e. The molecule has 0 aliphatic carbocycles. The summed E-state index contributed by atoms with van der Waals surface area (Å²) >= 11 is 1.82. The first-order valence-electron chi connectivity index (χ1n) is 6.15. The highest BCUT2D eigenvalue weighted by Crippen LogP contribution is 2.23. The molecule has 2 heterocycles. The predicted octanol–water partition coefficient (Wildman–Crippen LogP) is 3.45. The van der Waals surface area contributed by atoms with Crippen molar-refractivity contribution in [2.45, 2.75) is 39.3 Å². The lowest BCUT2D eigenvalue weighted by molar-refractivity contribution is 0.463. The molecule has 1 N–H and O–H groups in total. The molecule has 2 unspecified atom stereocenters. The predicted molar refractivity (Wildman–Crippen MR) is 73.4 cm³/mol. The number of furan rings is 1. The summed E-state index contributed by atoms with van der Waals surface area (Å²) in [5.74, 6) is 2.78. The van der Waals surface area contributed by atoms with Crippen LogP contribution in [0.15, 0.2) is 27.8 Å². The number of hydrogen-bond donors (Lipinski definition) is 1. The molecule has 2 atom stereocenters. The minimum atomic E-state index is 0.189. The van der Waals surface area contributed by atoms with E-state index in [-0.39, 0.29) is 6.04 Å². The highest BCUT2D eigenvalue weighted by atomic mass is 32.2. The molecular weight excluding hydrogens is 232 g/mol. The van der Waals surface area contributed by atoms with Gasteiger partial charge in [0.15, 0.2) is 5.17 Å². The van der Waals surface area contributed by atoms with Gasteiger partial charge in [-0.3, -0.25) is 4.99 Å². The van der Waals surface area contributed by atoms with Crippen molar-refractivity contribution >= 4 is 16.9 Å². The normalized spacial score (nSPS) is 21.6. The second-order valence-corrected chi connectivity index (χ2v) is 5.92. The van der Waals surface area contributed by atoms with Gasteiger partial charge in [0.05, 0.1) is 18.3 Å².